The highest BCUT2D eigenvalue weighted by molar-refractivity contribution is 6.08. The third-order valence-corrected chi connectivity index (χ3v) is 2.69. The predicted octanol–water partition coefficient (Wildman–Crippen LogP) is 2.53. The summed E-state index contributed by atoms with van der Waals surface area (Å²) in [6.07, 6.45) is 3.44. The number of ether oxygens (including phenoxy) is 1. The number of aryl methyl sites for hydroxylation is 1. The normalized spacial score (nSPS) is 10.3. The Balaban J connectivity index is 2.40. The highest BCUT2D eigenvalue weighted by atomic mass is 16.5. The van der Waals surface area contributed by atoms with Gasteiger partial charge in [-0.05, 0) is 26.0 Å². The van der Waals surface area contributed by atoms with Gasteiger partial charge < -0.3 is 9.30 Å². The Morgan fingerprint density at radius 3 is 2.83 bits per heavy atom. The Morgan fingerprint density at radius 1 is 1.33 bits per heavy atom. The van der Waals surface area contributed by atoms with Gasteiger partial charge in [-0.1, -0.05) is 12.1 Å². The highest BCUT2D eigenvalue weighted by Crippen LogP contribution is 2.21. The summed E-state index contributed by atoms with van der Waals surface area (Å²) >= 11 is 0. The maximum atomic E-state index is 12.4. The highest BCUT2D eigenvalue weighted by Gasteiger charge is 2.18. The zero-order valence-corrected chi connectivity index (χ0v) is 10.6. The van der Waals surface area contributed by atoms with Crippen molar-refractivity contribution in [1.29, 1.82) is 0 Å². The molecule has 0 aliphatic carbocycles. The molecule has 0 aliphatic heterocycles. The van der Waals surface area contributed by atoms with Crippen LogP contribution in [0, 0.1) is 0 Å². The SMILES string of the molecule is CCOc1ccccc1C(=O)c1nccn1CC. The fraction of sp³-hybridized carbons (Fsp3) is 0.286. The number of nitrogens with zero attached hydrogens (tertiary/aromatic N) is 2. The Kier molecular flexibility index (Phi) is 3.77. The lowest BCUT2D eigenvalue weighted by Crippen LogP contribution is -2.12. The molecule has 0 bridgehead atoms. The van der Waals surface area contributed by atoms with Crippen LogP contribution >= 0.6 is 0 Å². The summed E-state index contributed by atoms with van der Waals surface area (Å²) in [5.41, 5.74) is 0.556. The lowest BCUT2D eigenvalue weighted by molar-refractivity contribution is 0.102. The minimum atomic E-state index is -0.106. The summed E-state index contributed by atoms with van der Waals surface area (Å²) in [5, 5.41) is 0. The quantitative estimate of drug-likeness (QED) is 0.759. The molecule has 18 heavy (non-hydrogen) atoms. The van der Waals surface area contributed by atoms with Crippen molar-refractivity contribution in [2.75, 3.05) is 6.61 Å². The fourth-order valence-corrected chi connectivity index (χ4v) is 1.83. The van der Waals surface area contributed by atoms with E-state index >= 15 is 0 Å². The van der Waals surface area contributed by atoms with Gasteiger partial charge in [0.2, 0.25) is 5.78 Å². The van der Waals surface area contributed by atoms with E-state index in [4.69, 9.17) is 4.74 Å². The number of aromatic nitrogens is 2. The number of hydrogen-bond acceptors (Lipinski definition) is 3. The average Bonchev–Trinajstić information content (AvgIpc) is 2.87. The van der Waals surface area contributed by atoms with Gasteiger partial charge in [-0.25, -0.2) is 4.98 Å². The summed E-state index contributed by atoms with van der Waals surface area (Å²) in [6.45, 7) is 5.13. The van der Waals surface area contributed by atoms with Crippen molar-refractivity contribution in [3.63, 3.8) is 0 Å². The van der Waals surface area contributed by atoms with Gasteiger partial charge in [-0.15, -0.1) is 0 Å². The summed E-state index contributed by atoms with van der Waals surface area (Å²) in [5.74, 6) is 0.950. The molecule has 94 valence electrons. The second-order valence-corrected chi connectivity index (χ2v) is 3.80. The third kappa shape index (κ3) is 2.27. The van der Waals surface area contributed by atoms with Crippen LogP contribution < -0.4 is 4.74 Å². The number of para-hydroxylation sites is 1. The number of benzene rings is 1. The van der Waals surface area contributed by atoms with Gasteiger partial charge in [0.1, 0.15) is 5.75 Å². The second kappa shape index (κ2) is 5.49. The zero-order valence-electron chi connectivity index (χ0n) is 10.6. The minimum absolute atomic E-state index is 0.106. The van der Waals surface area contributed by atoms with Gasteiger partial charge in [0.25, 0.3) is 0 Å². The summed E-state index contributed by atoms with van der Waals surface area (Å²) < 4.78 is 7.30. The van der Waals surface area contributed by atoms with Crippen LogP contribution in [-0.4, -0.2) is 21.9 Å². The van der Waals surface area contributed by atoms with E-state index in [1.165, 1.54) is 0 Å². The Bertz CT molecular complexity index is 546. The summed E-state index contributed by atoms with van der Waals surface area (Å²) in [4.78, 5) is 16.5. The molecule has 0 aliphatic rings. The molecule has 0 saturated heterocycles. The minimum Gasteiger partial charge on any atom is -0.493 e. The van der Waals surface area contributed by atoms with Gasteiger partial charge >= 0.3 is 0 Å². The molecule has 0 atom stereocenters. The monoisotopic (exact) mass is 244 g/mol. The van der Waals surface area contributed by atoms with E-state index in [2.05, 4.69) is 4.98 Å². The van der Waals surface area contributed by atoms with Crippen LogP contribution in [0.1, 0.15) is 30.0 Å². The van der Waals surface area contributed by atoms with Gasteiger partial charge in [0.15, 0.2) is 5.82 Å². The van der Waals surface area contributed by atoms with E-state index in [0.717, 1.165) is 6.54 Å². The Morgan fingerprint density at radius 2 is 2.11 bits per heavy atom. The maximum Gasteiger partial charge on any atom is 0.232 e. The van der Waals surface area contributed by atoms with Crippen molar-refractivity contribution in [2.45, 2.75) is 20.4 Å². The predicted molar refractivity (Wildman–Crippen MR) is 68.9 cm³/mol. The fourth-order valence-electron chi connectivity index (χ4n) is 1.83. The first kappa shape index (κ1) is 12.4. The number of carbonyl (C=O) groups excluding carboxylic acids is 1. The smallest absolute Gasteiger partial charge is 0.232 e. The first-order chi connectivity index (χ1) is 8.77. The van der Waals surface area contributed by atoms with Crippen molar-refractivity contribution in [1.82, 2.24) is 9.55 Å². The van der Waals surface area contributed by atoms with E-state index in [-0.39, 0.29) is 5.78 Å². The Hall–Kier alpha value is -2.10. The molecule has 1 aromatic carbocycles. The van der Waals surface area contributed by atoms with Gasteiger partial charge in [0, 0.05) is 18.9 Å². The van der Waals surface area contributed by atoms with E-state index in [1.807, 2.05) is 30.5 Å². The number of hydrogen-bond donors (Lipinski definition) is 0. The van der Waals surface area contributed by atoms with Gasteiger partial charge in [0.05, 0.1) is 12.2 Å². The van der Waals surface area contributed by atoms with E-state index in [9.17, 15) is 4.79 Å². The van der Waals surface area contributed by atoms with E-state index in [0.29, 0.717) is 23.7 Å². The van der Waals surface area contributed by atoms with Gasteiger partial charge in [-0.2, -0.15) is 0 Å². The molecular weight excluding hydrogens is 228 g/mol. The molecule has 1 heterocycles. The van der Waals surface area contributed by atoms with Crippen LogP contribution in [0.4, 0.5) is 0 Å². The second-order valence-electron chi connectivity index (χ2n) is 3.80. The van der Waals surface area contributed by atoms with Crippen LogP contribution in [0.5, 0.6) is 5.75 Å². The molecule has 2 rings (SSSR count). The van der Waals surface area contributed by atoms with Gasteiger partial charge in [-0.3, -0.25) is 4.79 Å². The van der Waals surface area contributed by atoms with Crippen LogP contribution in [0.25, 0.3) is 0 Å². The molecule has 0 radical (unpaired) electrons. The van der Waals surface area contributed by atoms with Crippen molar-refractivity contribution in [2.24, 2.45) is 0 Å². The Labute approximate surface area is 106 Å². The largest absolute Gasteiger partial charge is 0.493 e. The first-order valence-electron chi connectivity index (χ1n) is 6.05. The van der Waals surface area contributed by atoms with Crippen LogP contribution in [0.3, 0.4) is 0 Å². The number of ketones is 1. The molecule has 1 aromatic heterocycles. The lowest BCUT2D eigenvalue weighted by atomic mass is 10.1. The third-order valence-electron chi connectivity index (χ3n) is 2.69. The molecule has 0 unspecified atom stereocenters. The molecular formula is C14H16N2O2. The number of carbonyl (C=O) groups is 1. The van der Waals surface area contributed by atoms with Crippen LogP contribution in [-0.2, 0) is 6.54 Å². The summed E-state index contributed by atoms with van der Waals surface area (Å²) in [6, 6.07) is 7.25. The van der Waals surface area contributed by atoms with Crippen molar-refractivity contribution in [3.05, 3.63) is 48.0 Å². The van der Waals surface area contributed by atoms with Crippen molar-refractivity contribution < 1.29 is 9.53 Å². The van der Waals surface area contributed by atoms with E-state index in [1.54, 1.807) is 24.5 Å². The summed E-state index contributed by atoms with van der Waals surface area (Å²) in [7, 11) is 0. The van der Waals surface area contributed by atoms with E-state index < -0.39 is 0 Å². The molecule has 4 nitrogen and oxygen atoms in total. The molecule has 0 fully saturated rings. The molecule has 4 heteroatoms. The zero-order chi connectivity index (χ0) is 13.0. The lowest BCUT2D eigenvalue weighted by Gasteiger charge is -2.09. The average molecular weight is 244 g/mol. The molecule has 0 spiro atoms. The topological polar surface area (TPSA) is 44.1 Å². The maximum absolute atomic E-state index is 12.4. The molecule has 2 aromatic rings. The van der Waals surface area contributed by atoms with Crippen LogP contribution in [0.15, 0.2) is 36.7 Å². The van der Waals surface area contributed by atoms with Crippen molar-refractivity contribution in [3.8, 4) is 5.75 Å². The first-order valence-corrected chi connectivity index (χ1v) is 6.05. The number of imidazole rings is 1. The van der Waals surface area contributed by atoms with Crippen molar-refractivity contribution >= 4 is 5.78 Å². The standard InChI is InChI=1S/C14H16N2O2/c1-3-16-10-9-15-14(16)13(17)11-7-5-6-8-12(11)18-4-2/h5-10H,3-4H2,1-2H3. The number of rotatable bonds is 5. The molecule has 0 amide bonds. The molecule has 0 N–H and O–H groups in total. The van der Waals surface area contributed by atoms with Crippen LogP contribution in [0.2, 0.25) is 0 Å². The molecule has 0 saturated carbocycles.